The number of hydrogen-bond acceptors (Lipinski definition) is 4. The van der Waals surface area contributed by atoms with E-state index in [2.05, 4.69) is 5.32 Å². The Kier molecular flexibility index (Phi) is 6.63. The monoisotopic (exact) mass is 397 g/mol. The Hall–Kier alpha value is -2.80. The summed E-state index contributed by atoms with van der Waals surface area (Å²) in [4.78, 5) is 24.4. The minimum Gasteiger partial charge on any atom is -0.461 e. The second-order valence-corrected chi connectivity index (χ2v) is 5.79. The van der Waals surface area contributed by atoms with Gasteiger partial charge in [0.2, 0.25) is 0 Å². The van der Waals surface area contributed by atoms with Crippen molar-refractivity contribution in [3.05, 3.63) is 76.5 Å². The normalized spacial score (nSPS) is 11.8. The second-order valence-electron chi connectivity index (χ2n) is 5.35. The van der Waals surface area contributed by atoms with Gasteiger partial charge in [-0.1, -0.05) is 17.7 Å². The fraction of sp³-hybridized carbons (Fsp3) is 0.158. The number of ketones is 1. The van der Waals surface area contributed by atoms with Gasteiger partial charge in [0.15, 0.2) is 5.78 Å². The van der Waals surface area contributed by atoms with Crippen LogP contribution in [0.5, 0.6) is 0 Å². The predicted molar refractivity (Wildman–Crippen MR) is 95.6 cm³/mol. The number of allylic oxidation sites excluding steroid dienone is 1. The molecule has 0 saturated carbocycles. The summed E-state index contributed by atoms with van der Waals surface area (Å²) < 4.78 is 43.4. The third-order valence-electron chi connectivity index (χ3n) is 3.37. The number of anilines is 1. The summed E-state index contributed by atoms with van der Waals surface area (Å²) in [6.45, 7) is 1.61. The van der Waals surface area contributed by atoms with Crippen molar-refractivity contribution in [3.8, 4) is 0 Å². The highest BCUT2D eigenvalue weighted by atomic mass is 35.5. The zero-order valence-corrected chi connectivity index (χ0v) is 14.9. The lowest BCUT2D eigenvalue weighted by Crippen LogP contribution is -2.17. The molecule has 1 N–H and O–H groups in total. The van der Waals surface area contributed by atoms with Gasteiger partial charge in [-0.2, -0.15) is 13.2 Å². The molecule has 2 rings (SSSR count). The molecule has 2 aromatic carbocycles. The standard InChI is InChI=1S/C19H15ClF3NO3/c1-2-27-18(26)16(11-17(25)12-6-8-14(20)9-7-12)24-15-5-3-4-13(10-15)19(21,22)23/h3-11,24H,2H2,1H3/b16-11-. The number of halogens is 4. The SMILES string of the molecule is CCOC(=O)/C(=C/C(=O)c1ccc(Cl)cc1)Nc1cccc(C(F)(F)F)c1. The van der Waals surface area contributed by atoms with Crippen LogP contribution in [0.1, 0.15) is 22.8 Å². The average Bonchev–Trinajstić information content (AvgIpc) is 2.61. The number of benzene rings is 2. The van der Waals surface area contributed by atoms with E-state index in [4.69, 9.17) is 16.3 Å². The lowest BCUT2D eigenvalue weighted by Gasteiger charge is -2.12. The maximum absolute atomic E-state index is 12.8. The van der Waals surface area contributed by atoms with E-state index in [1.54, 1.807) is 6.92 Å². The smallest absolute Gasteiger partial charge is 0.416 e. The Labute approximate surface area is 158 Å². The topological polar surface area (TPSA) is 55.4 Å². The molecule has 0 atom stereocenters. The number of alkyl halides is 3. The number of carbonyl (C=O) groups excluding carboxylic acids is 2. The first kappa shape index (κ1) is 20.5. The lowest BCUT2D eigenvalue weighted by molar-refractivity contribution is -0.138. The number of nitrogens with one attached hydrogen (secondary N) is 1. The predicted octanol–water partition coefficient (Wildman–Crippen LogP) is 5.10. The molecule has 27 heavy (non-hydrogen) atoms. The van der Waals surface area contributed by atoms with Crippen molar-refractivity contribution in [1.82, 2.24) is 0 Å². The van der Waals surface area contributed by atoms with Crippen LogP contribution in [0.15, 0.2) is 60.3 Å². The summed E-state index contributed by atoms with van der Waals surface area (Å²) in [5.74, 6) is -1.40. The summed E-state index contributed by atoms with van der Waals surface area (Å²) in [5, 5.41) is 2.96. The van der Waals surface area contributed by atoms with E-state index in [9.17, 15) is 22.8 Å². The molecule has 0 aliphatic rings. The molecule has 8 heteroatoms. The zero-order chi connectivity index (χ0) is 20.0. The highest BCUT2D eigenvalue weighted by molar-refractivity contribution is 6.30. The van der Waals surface area contributed by atoms with E-state index >= 15 is 0 Å². The van der Waals surface area contributed by atoms with Crippen molar-refractivity contribution in [2.75, 3.05) is 11.9 Å². The number of ether oxygens (including phenoxy) is 1. The Morgan fingerprint density at radius 2 is 1.81 bits per heavy atom. The molecule has 0 unspecified atom stereocenters. The van der Waals surface area contributed by atoms with E-state index in [1.165, 1.54) is 36.4 Å². The van der Waals surface area contributed by atoms with E-state index in [0.717, 1.165) is 18.2 Å². The zero-order valence-electron chi connectivity index (χ0n) is 14.1. The van der Waals surface area contributed by atoms with Gasteiger partial charge < -0.3 is 10.1 Å². The molecule has 0 bridgehead atoms. The summed E-state index contributed by atoms with van der Waals surface area (Å²) >= 11 is 5.77. The quantitative estimate of drug-likeness (QED) is 0.418. The molecule has 4 nitrogen and oxygen atoms in total. The number of rotatable bonds is 6. The van der Waals surface area contributed by atoms with Crippen molar-refractivity contribution in [3.63, 3.8) is 0 Å². The highest BCUT2D eigenvalue weighted by Crippen LogP contribution is 2.31. The first-order chi connectivity index (χ1) is 12.7. The molecule has 0 heterocycles. The van der Waals surface area contributed by atoms with Gasteiger partial charge in [0, 0.05) is 22.3 Å². The van der Waals surface area contributed by atoms with E-state index < -0.39 is 23.5 Å². The Morgan fingerprint density at radius 1 is 1.15 bits per heavy atom. The molecule has 0 aromatic heterocycles. The van der Waals surface area contributed by atoms with E-state index in [-0.39, 0.29) is 23.6 Å². The maximum Gasteiger partial charge on any atom is 0.416 e. The lowest BCUT2D eigenvalue weighted by atomic mass is 10.1. The summed E-state index contributed by atoms with van der Waals surface area (Å²) in [5.41, 5.74) is -0.920. The minimum absolute atomic E-state index is 0.00645. The Morgan fingerprint density at radius 3 is 2.41 bits per heavy atom. The Balaban J connectivity index is 2.33. The summed E-state index contributed by atoms with van der Waals surface area (Å²) in [6.07, 6.45) is -3.56. The van der Waals surface area contributed by atoms with Crippen molar-refractivity contribution < 1.29 is 27.5 Å². The molecular weight excluding hydrogens is 383 g/mol. The third-order valence-corrected chi connectivity index (χ3v) is 3.62. The van der Waals surface area contributed by atoms with Crippen LogP contribution in [0.4, 0.5) is 18.9 Å². The number of esters is 1. The molecule has 0 aliphatic heterocycles. The first-order valence-electron chi connectivity index (χ1n) is 7.83. The highest BCUT2D eigenvalue weighted by Gasteiger charge is 2.30. The van der Waals surface area contributed by atoms with Crippen LogP contribution in [0.3, 0.4) is 0 Å². The van der Waals surface area contributed by atoms with E-state index in [1.807, 2.05) is 0 Å². The molecular formula is C19H15ClF3NO3. The Bertz CT molecular complexity index is 861. The van der Waals surface area contributed by atoms with Gasteiger partial charge in [0.1, 0.15) is 5.70 Å². The molecule has 0 spiro atoms. The molecule has 0 radical (unpaired) electrons. The summed E-state index contributed by atoms with van der Waals surface area (Å²) in [6, 6.07) is 10.2. The largest absolute Gasteiger partial charge is 0.461 e. The van der Waals surface area contributed by atoms with Gasteiger partial charge in [-0.05, 0) is 49.4 Å². The van der Waals surface area contributed by atoms with Gasteiger partial charge >= 0.3 is 12.1 Å². The van der Waals surface area contributed by atoms with Gasteiger partial charge in [-0.3, -0.25) is 4.79 Å². The number of hydrogen-bond donors (Lipinski definition) is 1. The second kappa shape index (κ2) is 8.73. The van der Waals surface area contributed by atoms with Crippen LogP contribution in [-0.2, 0) is 15.7 Å². The molecule has 0 fully saturated rings. The van der Waals surface area contributed by atoms with E-state index in [0.29, 0.717) is 5.02 Å². The van der Waals surface area contributed by atoms with Crippen molar-refractivity contribution in [2.45, 2.75) is 13.1 Å². The summed E-state index contributed by atoms with van der Waals surface area (Å²) in [7, 11) is 0. The first-order valence-corrected chi connectivity index (χ1v) is 8.21. The van der Waals surface area contributed by atoms with Gasteiger partial charge in [0.25, 0.3) is 0 Å². The van der Waals surface area contributed by atoms with Crippen molar-refractivity contribution >= 4 is 29.0 Å². The fourth-order valence-corrected chi connectivity index (χ4v) is 2.24. The average molecular weight is 398 g/mol. The third kappa shape index (κ3) is 5.86. The van der Waals surface area contributed by atoms with Crippen LogP contribution in [0.2, 0.25) is 5.02 Å². The number of carbonyl (C=O) groups is 2. The molecule has 0 saturated heterocycles. The van der Waals surface area contributed by atoms with Crippen LogP contribution >= 0.6 is 11.6 Å². The van der Waals surface area contributed by atoms with Crippen LogP contribution in [0, 0.1) is 0 Å². The van der Waals surface area contributed by atoms with Crippen molar-refractivity contribution in [2.24, 2.45) is 0 Å². The van der Waals surface area contributed by atoms with Crippen LogP contribution in [-0.4, -0.2) is 18.4 Å². The minimum atomic E-state index is -4.54. The molecule has 2 aromatic rings. The van der Waals surface area contributed by atoms with Crippen LogP contribution < -0.4 is 5.32 Å². The van der Waals surface area contributed by atoms with Crippen molar-refractivity contribution in [1.29, 1.82) is 0 Å². The van der Waals surface area contributed by atoms with Crippen LogP contribution in [0.25, 0.3) is 0 Å². The molecule has 0 aliphatic carbocycles. The molecule has 142 valence electrons. The maximum atomic E-state index is 12.8. The fourth-order valence-electron chi connectivity index (χ4n) is 2.11. The molecule has 0 amide bonds. The van der Waals surface area contributed by atoms with Gasteiger partial charge in [0.05, 0.1) is 12.2 Å². The van der Waals surface area contributed by atoms with Gasteiger partial charge in [-0.25, -0.2) is 4.79 Å². The van der Waals surface area contributed by atoms with Gasteiger partial charge in [-0.15, -0.1) is 0 Å².